The van der Waals surface area contributed by atoms with E-state index in [1.54, 1.807) is 39.0 Å². The van der Waals surface area contributed by atoms with Crippen molar-refractivity contribution < 1.29 is 19.4 Å². The van der Waals surface area contributed by atoms with Crippen molar-refractivity contribution in [2.75, 3.05) is 5.75 Å². The summed E-state index contributed by atoms with van der Waals surface area (Å²) in [5.74, 6) is -1.89. The van der Waals surface area contributed by atoms with E-state index in [1.807, 2.05) is 0 Å². The Labute approximate surface area is 155 Å². The molecule has 1 atom stereocenters. The number of thiol groups is 1. The van der Waals surface area contributed by atoms with Crippen LogP contribution in [0.15, 0.2) is 24.3 Å². The van der Waals surface area contributed by atoms with E-state index in [-0.39, 0.29) is 11.4 Å². The topological polar surface area (TPSA) is 118 Å². The third-order valence-corrected chi connectivity index (χ3v) is 3.92. The molecule has 0 aliphatic heterocycles. The molecule has 1 aromatic heterocycles. The lowest BCUT2D eigenvalue weighted by Gasteiger charge is -2.18. The lowest BCUT2D eigenvalue weighted by molar-refractivity contribution is -0.530. The Morgan fingerprint density at radius 2 is 2.04 bits per heavy atom. The lowest BCUT2D eigenvalue weighted by Crippen LogP contribution is -2.42. The molecule has 2 N–H and O–H groups in total. The average molecular weight is 376 g/mol. The van der Waals surface area contributed by atoms with E-state index in [1.165, 1.54) is 12.3 Å². The molecule has 0 aliphatic carbocycles. The van der Waals surface area contributed by atoms with E-state index in [0.29, 0.717) is 16.5 Å². The number of nitrogens with one attached hydrogen (secondary N) is 1. The van der Waals surface area contributed by atoms with Gasteiger partial charge in [-0.1, -0.05) is 0 Å². The fraction of sp³-hybridized carbons (Fsp3) is 0.353. The number of nitrogens with zero attached hydrogens (tertiary/aromatic N) is 3. The summed E-state index contributed by atoms with van der Waals surface area (Å²) >= 11 is 3.90. The molecule has 0 spiro atoms. The number of hydrogen-bond acceptors (Lipinski definition) is 6. The van der Waals surface area contributed by atoms with Crippen LogP contribution in [-0.2, 0) is 4.79 Å². The van der Waals surface area contributed by atoms with Crippen molar-refractivity contribution in [1.29, 1.82) is 0 Å². The summed E-state index contributed by atoms with van der Waals surface area (Å²) in [5.41, 5.74) is 0.615. The highest BCUT2D eigenvalue weighted by Gasteiger charge is 2.21. The van der Waals surface area contributed by atoms with Crippen molar-refractivity contribution in [3.63, 3.8) is 0 Å². The van der Waals surface area contributed by atoms with Gasteiger partial charge in [0.05, 0.1) is 5.52 Å². The fourth-order valence-corrected chi connectivity index (χ4v) is 2.25. The van der Waals surface area contributed by atoms with Gasteiger partial charge in [-0.2, -0.15) is 12.6 Å². The molecule has 2 aromatic rings. The van der Waals surface area contributed by atoms with Crippen LogP contribution in [0.25, 0.3) is 10.9 Å². The van der Waals surface area contributed by atoms with Gasteiger partial charge >= 0.3 is 5.97 Å². The summed E-state index contributed by atoms with van der Waals surface area (Å²) in [6, 6.07) is 5.52. The molecule has 0 fully saturated rings. The number of carboxylic acid groups (broad SMARTS) is 1. The molecule has 0 saturated heterocycles. The maximum Gasteiger partial charge on any atom is 0.327 e. The molecule has 1 unspecified atom stereocenters. The van der Waals surface area contributed by atoms with Crippen LogP contribution < -0.4 is 5.32 Å². The minimum atomic E-state index is -1.18. The third-order valence-electron chi connectivity index (χ3n) is 3.56. The maximum absolute atomic E-state index is 12.2. The molecule has 8 nitrogen and oxygen atoms in total. The van der Waals surface area contributed by atoms with E-state index in [4.69, 9.17) is 5.11 Å². The van der Waals surface area contributed by atoms with Gasteiger partial charge in [-0.15, -0.1) is 10.2 Å². The van der Waals surface area contributed by atoms with Gasteiger partial charge in [0.2, 0.25) is 0 Å². The maximum atomic E-state index is 12.2. The van der Waals surface area contributed by atoms with Gasteiger partial charge in [0.15, 0.2) is 17.4 Å². The second-order valence-corrected chi connectivity index (χ2v) is 7.09. The fourth-order valence-electron chi connectivity index (χ4n) is 2.00. The Morgan fingerprint density at radius 3 is 2.62 bits per heavy atom. The molecule has 9 heteroatoms. The smallest absolute Gasteiger partial charge is 0.327 e. The number of aliphatic carboxylic acids is 1. The Morgan fingerprint density at radius 1 is 1.35 bits per heavy atom. The number of rotatable bonds is 5. The number of carbonyl (C=O) groups excluding carboxylic acids is 1. The highest BCUT2D eigenvalue weighted by Crippen LogP contribution is 2.14. The summed E-state index contributed by atoms with van der Waals surface area (Å²) in [6.45, 7) is 5.39. The number of fused-ring (bicyclic) bond motifs is 1. The number of benzene rings is 1. The van der Waals surface area contributed by atoms with Crippen molar-refractivity contribution in [3.05, 3.63) is 40.7 Å². The van der Waals surface area contributed by atoms with Gasteiger partial charge in [0.1, 0.15) is 6.04 Å². The first kappa shape index (κ1) is 19.6. The van der Waals surface area contributed by atoms with E-state index < -0.39 is 23.5 Å². The van der Waals surface area contributed by atoms with Crippen LogP contribution in [0.1, 0.15) is 36.8 Å². The summed E-state index contributed by atoms with van der Waals surface area (Å²) in [6.07, 6.45) is 1.46. The van der Waals surface area contributed by atoms with Crippen LogP contribution in [-0.4, -0.2) is 55.5 Å². The number of hydroxylamine groups is 1. The van der Waals surface area contributed by atoms with Gasteiger partial charge < -0.3 is 15.6 Å². The molecule has 1 heterocycles. The quantitative estimate of drug-likeness (QED) is 0.239. The molecule has 1 amide bonds. The summed E-state index contributed by atoms with van der Waals surface area (Å²) in [7, 11) is 0. The second-order valence-electron chi connectivity index (χ2n) is 6.72. The number of carboxylic acids is 1. The standard InChI is InChI=1S/C17H20N4O4S/c1-17(2,3)21(25)8-10-4-5-12-11(6-10)7-13(20-19-12)15(22)18-14(9-26)16(23)24/h4-8,14,26H,9H2,1-3H3,(H,18,22)(H,23,24)/b21-8+. The zero-order valence-electron chi connectivity index (χ0n) is 14.6. The first-order valence-electron chi connectivity index (χ1n) is 7.85. The summed E-state index contributed by atoms with van der Waals surface area (Å²) in [4.78, 5) is 23.2. The molecule has 0 bridgehead atoms. The highest BCUT2D eigenvalue weighted by atomic mass is 32.1. The molecular formula is C17H20N4O4S. The minimum absolute atomic E-state index is 0.0162. The number of hydrogen-bond donors (Lipinski definition) is 3. The first-order valence-corrected chi connectivity index (χ1v) is 8.48. The molecular weight excluding hydrogens is 356 g/mol. The van der Waals surface area contributed by atoms with Crippen molar-refractivity contribution >= 4 is 41.6 Å². The Hall–Kier alpha value is -2.68. The normalized spacial score (nSPS) is 13.5. The molecule has 0 radical (unpaired) electrons. The highest BCUT2D eigenvalue weighted by molar-refractivity contribution is 7.80. The average Bonchev–Trinajstić information content (AvgIpc) is 2.57. The second kappa shape index (κ2) is 7.69. The van der Waals surface area contributed by atoms with E-state index in [2.05, 4.69) is 28.1 Å². The van der Waals surface area contributed by atoms with Crippen molar-refractivity contribution in [2.24, 2.45) is 0 Å². The van der Waals surface area contributed by atoms with Gasteiger partial charge in [-0.3, -0.25) is 4.79 Å². The van der Waals surface area contributed by atoms with Crippen LogP contribution in [0.2, 0.25) is 0 Å². The summed E-state index contributed by atoms with van der Waals surface area (Å²) < 4.78 is 0.848. The zero-order chi connectivity index (χ0) is 19.5. The third kappa shape index (κ3) is 4.69. The molecule has 0 saturated carbocycles. The van der Waals surface area contributed by atoms with Crippen LogP contribution >= 0.6 is 12.6 Å². The van der Waals surface area contributed by atoms with Crippen molar-refractivity contribution in [1.82, 2.24) is 15.5 Å². The monoisotopic (exact) mass is 376 g/mol. The van der Waals surface area contributed by atoms with Gasteiger partial charge in [-0.25, -0.2) is 9.53 Å². The van der Waals surface area contributed by atoms with Crippen LogP contribution in [0.5, 0.6) is 0 Å². The summed E-state index contributed by atoms with van der Waals surface area (Å²) in [5, 5.41) is 31.8. The predicted molar refractivity (Wildman–Crippen MR) is 101 cm³/mol. The Balaban J connectivity index is 2.34. The van der Waals surface area contributed by atoms with Gasteiger partial charge in [-0.05, 0) is 24.3 Å². The van der Waals surface area contributed by atoms with E-state index in [0.717, 1.165) is 4.74 Å². The number of carbonyl (C=O) groups is 2. The van der Waals surface area contributed by atoms with Crippen molar-refractivity contribution in [2.45, 2.75) is 32.4 Å². The van der Waals surface area contributed by atoms with Crippen LogP contribution in [0.4, 0.5) is 0 Å². The van der Waals surface area contributed by atoms with Gasteiger partial charge in [0.25, 0.3) is 5.91 Å². The predicted octanol–water partition coefficient (Wildman–Crippen LogP) is 1.47. The van der Waals surface area contributed by atoms with E-state index >= 15 is 0 Å². The molecule has 2 rings (SSSR count). The van der Waals surface area contributed by atoms with Crippen LogP contribution in [0.3, 0.4) is 0 Å². The van der Waals surface area contributed by atoms with Gasteiger partial charge in [0, 0.05) is 37.5 Å². The lowest BCUT2D eigenvalue weighted by atomic mass is 10.1. The van der Waals surface area contributed by atoms with E-state index in [9.17, 15) is 14.8 Å². The molecule has 26 heavy (non-hydrogen) atoms. The van der Waals surface area contributed by atoms with Crippen LogP contribution in [0, 0.1) is 5.21 Å². The molecule has 138 valence electrons. The zero-order valence-corrected chi connectivity index (χ0v) is 15.5. The SMILES string of the molecule is CC(C)(C)/[N+]([O-])=C\c1ccc2nnc(C(=O)NC(CS)C(=O)O)cc2c1. The Kier molecular flexibility index (Phi) is 5.81. The first-order chi connectivity index (χ1) is 12.1. The van der Waals surface area contributed by atoms with Crippen molar-refractivity contribution in [3.8, 4) is 0 Å². The largest absolute Gasteiger partial charge is 0.623 e. The molecule has 1 aromatic carbocycles. The molecule has 0 aliphatic rings. The minimum Gasteiger partial charge on any atom is -0.623 e. The number of aromatic nitrogens is 2. The number of amides is 1. The Bertz CT molecular complexity index is 877.